The van der Waals surface area contributed by atoms with Gasteiger partial charge in [0, 0.05) is 22.9 Å². The van der Waals surface area contributed by atoms with Crippen LogP contribution in [-0.2, 0) is 9.53 Å². The van der Waals surface area contributed by atoms with Crippen molar-refractivity contribution in [2.24, 2.45) is 0 Å². The molecule has 1 amide bonds. The number of non-ortho nitro benzene ring substituents is 1. The second-order valence-electron chi connectivity index (χ2n) is 6.14. The molecule has 1 fully saturated rings. The number of esters is 1. The lowest BCUT2D eigenvalue weighted by Gasteiger charge is -2.29. The number of ether oxygens (including phenoxy) is 1. The zero-order valence-corrected chi connectivity index (χ0v) is 17.5. The lowest BCUT2D eigenvalue weighted by Crippen LogP contribution is -2.44. The molecule has 2 aromatic rings. The predicted octanol–water partition coefficient (Wildman–Crippen LogP) is 4.72. The van der Waals surface area contributed by atoms with Crippen molar-refractivity contribution in [2.75, 3.05) is 12.4 Å². The minimum Gasteiger partial charge on any atom is -0.464 e. The van der Waals surface area contributed by atoms with E-state index in [-0.39, 0.29) is 22.9 Å². The Hall–Kier alpha value is -2.29. The zero-order chi connectivity index (χ0) is 21.1. The monoisotopic (exact) mass is 454 g/mol. The predicted molar refractivity (Wildman–Crippen MR) is 111 cm³/mol. The van der Waals surface area contributed by atoms with E-state index in [2.05, 4.69) is 0 Å². The molecular weight excluding hydrogens is 439 g/mol. The molecule has 0 bridgehead atoms. The third-order valence-electron chi connectivity index (χ3n) is 4.32. The number of nitro benzene ring substituents is 1. The number of carbonyl (C=O) groups excluding carboxylic acids is 2. The second kappa shape index (κ2) is 9.02. The summed E-state index contributed by atoms with van der Waals surface area (Å²) in [5, 5.41) is 10.9. The fraction of sp³-hybridized carbons (Fsp3) is 0.263. The molecule has 1 heterocycles. The number of nitro groups is 1. The lowest BCUT2D eigenvalue weighted by molar-refractivity contribution is -0.384. The van der Waals surface area contributed by atoms with E-state index in [4.69, 9.17) is 27.9 Å². The standard InChI is InChI=1S/C19H16Cl2N2O5S/c1-2-28-19(25)16-10-29-18(11-4-3-5-12(20)8-11)22(16)17(24)14-7-6-13(23(26)27)9-15(14)21/h3-9,16,18H,2,10H2,1H3. The van der Waals surface area contributed by atoms with Gasteiger partial charge in [-0.2, -0.15) is 0 Å². The van der Waals surface area contributed by atoms with E-state index < -0.39 is 28.2 Å². The molecule has 0 aromatic heterocycles. The van der Waals surface area contributed by atoms with Gasteiger partial charge in [0.05, 0.1) is 22.1 Å². The summed E-state index contributed by atoms with van der Waals surface area (Å²) in [6.45, 7) is 1.87. The first-order valence-electron chi connectivity index (χ1n) is 8.63. The van der Waals surface area contributed by atoms with Gasteiger partial charge in [0.25, 0.3) is 11.6 Å². The van der Waals surface area contributed by atoms with Crippen molar-refractivity contribution in [3.05, 3.63) is 73.8 Å². The zero-order valence-electron chi connectivity index (χ0n) is 15.2. The molecule has 2 unspecified atom stereocenters. The van der Waals surface area contributed by atoms with E-state index in [1.54, 1.807) is 25.1 Å². The van der Waals surface area contributed by atoms with Gasteiger partial charge in [-0.1, -0.05) is 35.3 Å². The van der Waals surface area contributed by atoms with Crippen LogP contribution in [0.1, 0.15) is 28.2 Å². The van der Waals surface area contributed by atoms with Crippen LogP contribution in [0.15, 0.2) is 42.5 Å². The Morgan fingerprint density at radius 1 is 1.28 bits per heavy atom. The first kappa shape index (κ1) is 21.4. The SMILES string of the molecule is CCOC(=O)C1CSC(c2cccc(Cl)c2)N1C(=O)c1ccc([N+](=O)[O-])cc1Cl. The average molecular weight is 455 g/mol. The van der Waals surface area contributed by atoms with Crippen LogP contribution in [0.2, 0.25) is 10.0 Å². The van der Waals surface area contributed by atoms with Crippen LogP contribution in [0.4, 0.5) is 5.69 Å². The number of halogens is 2. The van der Waals surface area contributed by atoms with Crippen molar-refractivity contribution >= 4 is 52.5 Å². The van der Waals surface area contributed by atoms with Crippen molar-refractivity contribution in [3.8, 4) is 0 Å². The molecule has 10 heteroatoms. The molecule has 1 aliphatic heterocycles. The van der Waals surface area contributed by atoms with Gasteiger partial charge in [-0.3, -0.25) is 14.9 Å². The maximum Gasteiger partial charge on any atom is 0.329 e. The summed E-state index contributed by atoms with van der Waals surface area (Å²) in [5.41, 5.74) is 0.595. The van der Waals surface area contributed by atoms with Gasteiger partial charge in [0.2, 0.25) is 0 Å². The van der Waals surface area contributed by atoms with Crippen molar-refractivity contribution < 1.29 is 19.2 Å². The average Bonchev–Trinajstić information content (AvgIpc) is 3.12. The maximum absolute atomic E-state index is 13.4. The number of amides is 1. The molecule has 0 N–H and O–H groups in total. The van der Waals surface area contributed by atoms with Crippen molar-refractivity contribution in [1.82, 2.24) is 4.90 Å². The summed E-state index contributed by atoms with van der Waals surface area (Å²) in [6.07, 6.45) is 0. The van der Waals surface area contributed by atoms with Crippen molar-refractivity contribution in [3.63, 3.8) is 0 Å². The molecule has 152 valence electrons. The van der Waals surface area contributed by atoms with Crippen LogP contribution in [0.5, 0.6) is 0 Å². The molecule has 1 aliphatic rings. The normalized spacial score (nSPS) is 18.5. The van der Waals surface area contributed by atoms with Crippen molar-refractivity contribution in [2.45, 2.75) is 18.3 Å². The van der Waals surface area contributed by atoms with Crippen LogP contribution in [0.25, 0.3) is 0 Å². The molecule has 0 radical (unpaired) electrons. The summed E-state index contributed by atoms with van der Waals surface area (Å²) in [6, 6.07) is 9.82. The number of rotatable bonds is 5. The number of hydrogen-bond donors (Lipinski definition) is 0. The fourth-order valence-corrected chi connectivity index (χ4v) is 4.88. The first-order chi connectivity index (χ1) is 13.8. The molecule has 7 nitrogen and oxygen atoms in total. The molecule has 29 heavy (non-hydrogen) atoms. The summed E-state index contributed by atoms with van der Waals surface area (Å²) >= 11 is 13.7. The molecule has 2 atom stereocenters. The molecule has 2 aromatic carbocycles. The van der Waals surface area contributed by atoms with E-state index >= 15 is 0 Å². The highest BCUT2D eigenvalue weighted by atomic mass is 35.5. The first-order valence-corrected chi connectivity index (χ1v) is 10.4. The van der Waals surface area contributed by atoms with Crippen LogP contribution in [-0.4, -0.2) is 40.1 Å². The summed E-state index contributed by atoms with van der Waals surface area (Å²) in [7, 11) is 0. The molecule has 0 aliphatic carbocycles. The third-order valence-corrected chi connectivity index (χ3v) is 6.19. The topological polar surface area (TPSA) is 89.8 Å². The molecule has 0 saturated carbocycles. The molecular formula is C19H16Cl2N2O5S. The Bertz CT molecular complexity index is 971. The number of hydrogen-bond acceptors (Lipinski definition) is 6. The Balaban J connectivity index is 2.02. The highest BCUT2D eigenvalue weighted by Gasteiger charge is 2.44. The summed E-state index contributed by atoms with van der Waals surface area (Å²) < 4.78 is 5.14. The van der Waals surface area contributed by atoms with Gasteiger partial charge in [-0.25, -0.2) is 4.79 Å². The highest BCUT2D eigenvalue weighted by Crippen LogP contribution is 2.43. The van der Waals surface area contributed by atoms with Gasteiger partial charge in [-0.15, -0.1) is 11.8 Å². The minimum absolute atomic E-state index is 0.0615. The van der Waals surface area contributed by atoms with Gasteiger partial charge < -0.3 is 9.64 Å². The number of nitrogens with zero attached hydrogens (tertiary/aromatic N) is 2. The van der Waals surface area contributed by atoms with Crippen LogP contribution in [0, 0.1) is 10.1 Å². The second-order valence-corrected chi connectivity index (χ2v) is 8.10. The number of thioether (sulfide) groups is 1. The van der Waals surface area contributed by atoms with Gasteiger partial charge in [-0.05, 0) is 30.7 Å². The summed E-state index contributed by atoms with van der Waals surface area (Å²) in [5.74, 6) is -0.694. The smallest absolute Gasteiger partial charge is 0.329 e. The highest BCUT2D eigenvalue weighted by molar-refractivity contribution is 7.99. The quantitative estimate of drug-likeness (QED) is 0.368. The van der Waals surface area contributed by atoms with E-state index in [0.29, 0.717) is 10.8 Å². The summed E-state index contributed by atoms with van der Waals surface area (Å²) in [4.78, 5) is 37.6. The van der Waals surface area contributed by atoms with E-state index in [1.165, 1.54) is 28.8 Å². The fourth-order valence-electron chi connectivity index (χ4n) is 3.02. The van der Waals surface area contributed by atoms with Gasteiger partial charge >= 0.3 is 5.97 Å². The lowest BCUT2D eigenvalue weighted by atomic mass is 10.1. The molecule has 0 spiro atoms. The van der Waals surface area contributed by atoms with Crippen molar-refractivity contribution in [1.29, 1.82) is 0 Å². The molecule has 1 saturated heterocycles. The number of carbonyl (C=O) groups is 2. The van der Waals surface area contributed by atoms with Crippen LogP contribution >= 0.6 is 35.0 Å². The Morgan fingerprint density at radius 2 is 2.03 bits per heavy atom. The van der Waals surface area contributed by atoms with Crippen LogP contribution in [0.3, 0.4) is 0 Å². The van der Waals surface area contributed by atoms with E-state index in [1.807, 2.05) is 6.07 Å². The Kier molecular flexibility index (Phi) is 6.66. The van der Waals surface area contributed by atoms with Gasteiger partial charge in [0.1, 0.15) is 11.4 Å². The Labute approximate surface area is 181 Å². The largest absolute Gasteiger partial charge is 0.464 e. The number of benzene rings is 2. The van der Waals surface area contributed by atoms with E-state index in [9.17, 15) is 19.7 Å². The third kappa shape index (κ3) is 4.49. The molecule has 3 rings (SSSR count). The van der Waals surface area contributed by atoms with Gasteiger partial charge in [0.15, 0.2) is 0 Å². The minimum atomic E-state index is -0.817. The maximum atomic E-state index is 13.4. The van der Waals surface area contributed by atoms with Crippen LogP contribution < -0.4 is 0 Å². The Morgan fingerprint density at radius 3 is 2.66 bits per heavy atom. The van der Waals surface area contributed by atoms with E-state index in [0.717, 1.165) is 11.6 Å².